The third-order valence-electron chi connectivity index (χ3n) is 1.71. The van der Waals surface area contributed by atoms with E-state index in [4.69, 9.17) is 0 Å². The second kappa shape index (κ2) is 4.21. The summed E-state index contributed by atoms with van der Waals surface area (Å²) >= 11 is 0. The molecule has 0 heterocycles. The average Bonchev–Trinajstić information content (AvgIpc) is 1.85. The van der Waals surface area contributed by atoms with Crippen LogP contribution in [-0.4, -0.2) is 38.2 Å². The van der Waals surface area contributed by atoms with Gasteiger partial charge < -0.3 is 0 Å². The fourth-order valence-corrected chi connectivity index (χ4v) is 1.03. The molecule has 0 N–H and O–H groups in total. The highest BCUT2D eigenvalue weighted by Crippen LogP contribution is 2.03. The van der Waals surface area contributed by atoms with Gasteiger partial charge in [0.05, 0.1) is 0 Å². The molecule has 0 rings (SSSR count). The van der Waals surface area contributed by atoms with Gasteiger partial charge in [0, 0.05) is 6.04 Å². The Bertz CT molecular complexity index is 158. The summed E-state index contributed by atoms with van der Waals surface area (Å²) in [6, 6.07) is 0.0185. The molecule has 0 fully saturated rings. The van der Waals surface area contributed by atoms with Crippen molar-refractivity contribution in [3.8, 4) is 0 Å². The van der Waals surface area contributed by atoms with Crippen molar-refractivity contribution in [2.75, 3.05) is 0 Å². The molecule has 5 heteroatoms. The van der Waals surface area contributed by atoms with E-state index in [1.807, 2.05) is 13.8 Å². The van der Waals surface area contributed by atoms with E-state index in [9.17, 15) is 9.59 Å². The van der Waals surface area contributed by atoms with Gasteiger partial charge in [0.1, 0.15) is 0 Å². The first-order valence-corrected chi connectivity index (χ1v) is 3.81. The molecule has 1 atom stereocenters. The minimum absolute atomic E-state index is 0.0185. The Morgan fingerprint density at radius 3 is 1.82 bits per heavy atom. The fourth-order valence-electron chi connectivity index (χ4n) is 1.03. The molecule has 0 aliphatic heterocycles. The number of imide groups is 1. The van der Waals surface area contributed by atoms with E-state index >= 15 is 0 Å². The van der Waals surface area contributed by atoms with E-state index in [2.05, 4.69) is 0 Å². The van der Waals surface area contributed by atoms with Gasteiger partial charge in [-0.1, -0.05) is 6.92 Å². The Kier molecular flexibility index (Phi) is 3.93. The minimum atomic E-state index is -0.174. The summed E-state index contributed by atoms with van der Waals surface area (Å²) in [5, 5.41) is 0. The molecule has 0 aliphatic rings. The lowest BCUT2D eigenvalue weighted by molar-refractivity contribution is 0.200. The summed E-state index contributed by atoms with van der Waals surface area (Å²) in [6.07, 6.45) is 0.805. The Balaban J connectivity index is 4.34. The molecule has 0 saturated heterocycles. The van der Waals surface area contributed by atoms with Crippen LogP contribution in [0.15, 0.2) is 0 Å². The predicted molar refractivity (Wildman–Crippen MR) is 49.5 cm³/mol. The first-order chi connectivity index (χ1) is 5.00. The largest absolute Gasteiger partial charge is 0.299 e. The minimum Gasteiger partial charge on any atom is -0.299 e. The van der Waals surface area contributed by atoms with E-state index in [0.717, 1.165) is 6.42 Å². The van der Waals surface area contributed by atoms with Crippen molar-refractivity contribution in [1.82, 2.24) is 4.90 Å². The van der Waals surface area contributed by atoms with Crippen LogP contribution in [0.5, 0.6) is 0 Å². The Labute approximate surface area is 69.0 Å². The van der Waals surface area contributed by atoms with Gasteiger partial charge in [-0.25, -0.2) is 0 Å². The maximum absolute atomic E-state index is 10.9. The van der Waals surface area contributed by atoms with Crippen molar-refractivity contribution in [1.29, 1.82) is 0 Å². The molecular formula is C6H13B2NO2. The number of hydrogen-bond donors (Lipinski definition) is 0. The highest BCUT2D eigenvalue weighted by atomic mass is 16.2. The van der Waals surface area contributed by atoms with Crippen LogP contribution in [0.25, 0.3) is 0 Å². The number of carbonyl (C=O) groups is 2. The molecule has 1 unspecified atom stereocenters. The monoisotopic (exact) mass is 153 g/mol. The second-order valence-electron chi connectivity index (χ2n) is 2.67. The molecule has 0 radical (unpaired) electrons. The quantitative estimate of drug-likeness (QED) is 0.505. The zero-order chi connectivity index (χ0) is 9.02. The van der Waals surface area contributed by atoms with Crippen molar-refractivity contribution >= 4 is 27.3 Å². The lowest BCUT2D eigenvalue weighted by Crippen LogP contribution is -2.41. The highest BCUT2D eigenvalue weighted by molar-refractivity contribution is 6.65. The number of nitrogens with zero attached hydrogens (tertiary/aromatic N) is 1. The first kappa shape index (κ1) is 10.3. The van der Waals surface area contributed by atoms with E-state index in [0.29, 0.717) is 0 Å². The van der Waals surface area contributed by atoms with Crippen molar-refractivity contribution in [2.24, 2.45) is 0 Å². The molecule has 2 amide bonds. The molecule has 0 aliphatic carbocycles. The standard InChI is InChI=1S/C6H13B2NO2/c1-3-4(2)9(5(7)10)6(8)11/h4H,3,7-8H2,1-2H3. The van der Waals surface area contributed by atoms with Crippen LogP contribution >= 0.6 is 0 Å². The first-order valence-electron chi connectivity index (χ1n) is 3.81. The molecule has 60 valence electrons. The molecule has 11 heavy (non-hydrogen) atoms. The van der Waals surface area contributed by atoms with Crippen LogP contribution in [0.1, 0.15) is 20.3 Å². The molecule has 0 spiro atoms. The third kappa shape index (κ3) is 2.78. The Morgan fingerprint density at radius 1 is 1.36 bits per heavy atom. The topological polar surface area (TPSA) is 37.4 Å². The van der Waals surface area contributed by atoms with Gasteiger partial charge in [-0.2, -0.15) is 0 Å². The van der Waals surface area contributed by atoms with E-state index < -0.39 is 0 Å². The normalized spacial score (nSPS) is 12.2. The van der Waals surface area contributed by atoms with Gasteiger partial charge in [-0.3, -0.25) is 14.5 Å². The maximum Gasteiger partial charge on any atom is 0.216 e. The molecule has 3 nitrogen and oxygen atoms in total. The summed E-state index contributed by atoms with van der Waals surface area (Å²) in [5.74, 6) is -0.348. The van der Waals surface area contributed by atoms with Crippen molar-refractivity contribution in [3.05, 3.63) is 0 Å². The number of hydrogen-bond acceptors (Lipinski definition) is 2. The summed E-state index contributed by atoms with van der Waals surface area (Å²) in [6.45, 7) is 3.81. The fraction of sp³-hybridized carbons (Fsp3) is 0.667. The average molecular weight is 153 g/mol. The number of carbonyl (C=O) groups excluding carboxylic acids is 2. The van der Waals surface area contributed by atoms with Gasteiger partial charge in [-0.05, 0) is 13.3 Å². The van der Waals surface area contributed by atoms with Crippen LogP contribution in [0.4, 0.5) is 9.59 Å². The Morgan fingerprint density at radius 2 is 1.73 bits per heavy atom. The van der Waals surface area contributed by atoms with E-state index in [1.54, 1.807) is 0 Å². The van der Waals surface area contributed by atoms with Gasteiger partial charge in [0.25, 0.3) is 0 Å². The number of amides is 2. The Hall–Kier alpha value is -0.730. The zero-order valence-electron chi connectivity index (χ0n) is 7.55. The lowest BCUT2D eigenvalue weighted by atomic mass is 10.00. The number of rotatable bonds is 2. The van der Waals surface area contributed by atoms with Crippen LogP contribution in [-0.2, 0) is 0 Å². The van der Waals surface area contributed by atoms with Crippen molar-refractivity contribution < 1.29 is 9.59 Å². The van der Waals surface area contributed by atoms with Crippen molar-refractivity contribution in [3.63, 3.8) is 0 Å². The molecule has 0 aromatic rings. The van der Waals surface area contributed by atoms with Crippen LogP contribution in [0, 0.1) is 0 Å². The van der Waals surface area contributed by atoms with Gasteiger partial charge in [0.15, 0.2) is 11.6 Å². The van der Waals surface area contributed by atoms with Crippen LogP contribution < -0.4 is 0 Å². The molecule has 0 aromatic heterocycles. The van der Waals surface area contributed by atoms with Gasteiger partial charge in [0.2, 0.25) is 15.7 Å². The van der Waals surface area contributed by atoms with E-state index in [-0.39, 0.29) is 17.7 Å². The van der Waals surface area contributed by atoms with Crippen LogP contribution in [0.3, 0.4) is 0 Å². The zero-order valence-corrected chi connectivity index (χ0v) is 7.55. The predicted octanol–water partition coefficient (Wildman–Crippen LogP) is -0.407. The molecule has 0 aromatic carbocycles. The van der Waals surface area contributed by atoms with E-state index in [1.165, 1.54) is 20.6 Å². The summed E-state index contributed by atoms with van der Waals surface area (Å²) < 4.78 is 0. The SMILES string of the molecule is BC(=O)N(C(B)=O)C(C)CC. The van der Waals surface area contributed by atoms with Gasteiger partial charge in [-0.15, -0.1) is 0 Å². The highest BCUT2D eigenvalue weighted by Gasteiger charge is 2.17. The summed E-state index contributed by atoms with van der Waals surface area (Å²) in [7, 11) is 2.82. The third-order valence-corrected chi connectivity index (χ3v) is 1.71. The second-order valence-corrected chi connectivity index (χ2v) is 2.67. The smallest absolute Gasteiger partial charge is 0.216 e. The van der Waals surface area contributed by atoms with Crippen molar-refractivity contribution in [2.45, 2.75) is 26.3 Å². The molecule has 0 bridgehead atoms. The molecular weight excluding hydrogens is 140 g/mol. The van der Waals surface area contributed by atoms with Gasteiger partial charge >= 0.3 is 0 Å². The lowest BCUT2D eigenvalue weighted by Gasteiger charge is -2.24. The van der Waals surface area contributed by atoms with Crippen LogP contribution in [0.2, 0.25) is 0 Å². The maximum atomic E-state index is 10.9. The summed E-state index contributed by atoms with van der Waals surface area (Å²) in [5.41, 5.74) is 0. The summed E-state index contributed by atoms with van der Waals surface area (Å²) in [4.78, 5) is 23.1. The molecule has 0 saturated carbocycles.